The predicted octanol–water partition coefficient (Wildman–Crippen LogP) is 1.05. The highest BCUT2D eigenvalue weighted by Crippen LogP contribution is 2.27. The maximum absolute atomic E-state index is 12.1. The lowest BCUT2D eigenvalue weighted by atomic mass is 9.95. The number of rotatable bonds is 5. The van der Waals surface area contributed by atoms with E-state index in [0.717, 1.165) is 37.8 Å². The Bertz CT molecular complexity index is 708. The van der Waals surface area contributed by atoms with E-state index in [1.165, 1.54) is 38.2 Å². The zero-order valence-corrected chi connectivity index (χ0v) is 17.4. The van der Waals surface area contributed by atoms with Crippen LogP contribution >= 0.6 is 0 Å². The third-order valence-electron chi connectivity index (χ3n) is 6.64. The lowest BCUT2D eigenvalue weighted by molar-refractivity contribution is -0.134. The van der Waals surface area contributed by atoms with E-state index in [-0.39, 0.29) is 17.9 Å². The Kier molecular flexibility index (Phi) is 6.35. The Morgan fingerprint density at radius 3 is 2.34 bits per heavy atom. The molecule has 0 bridgehead atoms. The SMILES string of the molecule is CN(c1ccc(N2CCC(CN3CCNCC3)CC2)cc1)C1CCC(=O)NC1=O. The molecule has 0 radical (unpaired) electrons. The van der Waals surface area contributed by atoms with Crippen LogP contribution in [0.5, 0.6) is 0 Å². The van der Waals surface area contributed by atoms with Crippen molar-refractivity contribution in [3.05, 3.63) is 24.3 Å². The molecule has 1 unspecified atom stereocenters. The predicted molar refractivity (Wildman–Crippen MR) is 115 cm³/mol. The van der Waals surface area contributed by atoms with Crippen molar-refractivity contribution in [3.63, 3.8) is 0 Å². The average molecular weight is 400 g/mol. The number of anilines is 2. The van der Waals surface area contributed by atoms with Crippen LogP contribution < -0.4 is 20.4 Å². The minimum atomic E-state index is -0.278. The summed E-state index contributed by atoms with van der Waals surface area (Å²) in [6.45, 7) is 8.07. The monoisotopic (exact) mass is 399 g/mol. The molecule has 1 aromatic carbocycles. The van der Waals surface area contributed by atoms with Crippen molar-refractivity contribution in [2.75, 3.05) is 62.7 Å². The van der Waals surface area contributed by atoms with Crippen molar-refractivity contribution in [2.45, 2.75) is 31.7 Å². The smallest absolute Gasteiger partial charge is 0.249 e. The van der Waals surface area contributed by atoms with Crippen LogP contribution in [-0.2, 0) is 9.59 Å². The summed E-state index contributed by atoms with van der Waals surface area (Å²) in [4.78, 5) is 30.6. The highest BCUT2D eigenvalue weighted by atomic mass is 16.2. The highest BCUT2D eigenvalue weighted by Gasteiger charge is 2.30. The van der Waals surface area contributed by atoms with Gasteiger partial charge in [0, 0.05) is 70.7 Å². The molecule has 29 heavy (non-hydrogen) atoms. The number of benzene rings is 1. The molecule has 2 amide bonds. The minimum Gasteiger partial charge on any atom is -0.372 e. The molecule has 3 heterocycles. The fraction of sp³-hybridized carbons (Fsp3) is 0.636. The van der Waals surface area contributed by atoms with Crippen LogP contribution in [0.2, 0.25) is 0 Å². The Morgan fingerprint density at radius 1 is 1.00 bits per heavy atom. The molecule has 7 nitrogen and oxygen atoms in total. The van der Waals surface area contributed by atoms with Gasteiger partial charge in [-0.2, -0.15) is 0 Å². The highest BCUT2D eigenvalue weighted by molar-refractivity contribution is 6.01. The molecule has 4 rings (SSSR count). The van der Waals surface area contributed by atoms with Gasteiger partial charge in [-0.1, -0.05) is 0 Å². The summed E-state index contributed by atoms with van der Waals surface area (Å²) < 4.78 is 0. The Morgan fingerprint density at radius 2 is 1.69 bits per heavy atom. The van der Waals surface area contributed by atoms with Crippen LogP contribution in [0.15, 0.2) is 24.3 Å². The second-order valence-electron chi connectivity index (χ2n) is 8.58. The molecule has 2 N–H and O–H groups in total. The molecule has 0 aromatic heterocycles. The number of amides is 2. The lowest BCUT2D eigenvalue weighted by Crippen LogP contribution is -2.51. The largest absolute Gasteiger partial charge is 0.372 e. The zero-order valence-electron chi connectivity index (χ0n) is 17.4. The number of piperazine rings is 1. The average Bonchev–Trinajstić information content (AvgIpc) is 2.75. The van der Waals surface area contributed by atoms with Crippen LogP contribution in [0.3, 0.4) is 0 Å². The van der Waals surface area contributed by atoms with Crippen LogP contribution in [-0.4, -0.2) is 75.6 Å². The zero-order chi connectivity index (χ0) is 20.2. The summed E-state index contributed by atoms with van der Waals surface area (Å²) in [5, 5.41) is 5.87. The van der Waals surface area contributed by atoms with E-state index < -0.39 is 0 Å². The first-order valence-electron chi connectivity index (χ1n) is 10.9. The van der Waals surface area contributed by atoms with Gasteiger partial charge in [0.05, 0.1) is 0 Å². The second-order valence-corrected chi connectivity index (χ2v) is 8.58. The standard InChI is InChI=1S/C22H33N5O2/c1-25(20-6-7-21(28)24-22(20)29)18-2-4-19(5-3-18)27-12-8-17(9-13-27)16-26-14-10-23-11-15-26/h2-5,17,20,23H,6-16H2,1H3,(H,24,28,29). The third-order valence-corrected chi connectivity index (χ3v) is 6.64. The molecule has 158 valence electrons. The van der Waals surface area contributed by atoms with Gasteiger partial charge in [-0.05, 0) is 49.4 Å². The lowest BCUT2D eigenvalue weighted by Gasteiger charge is -2.37. The van der Waals surface area contributed by atoms with Gasteiger partial charge in [-0.3, -0.25) is 14.9 Å². The molecular weight excluding hydrogens is 366 g/mol. The molecule has 0 aliphatic carbocycles. The first-order valence-corrected chi connectivity index (χ1v) is 10.9. The van der Waals surface area contributed by atoms with Gasteiger partial charge in [0.25, 0.3) is 0 Å². The maximum atomic E-state index is 12.1. The summed E-state index contributed by atoms with van der Waals surface area (Å²) in [5.74, 6) is 0.442. The minimum absolute atomic E-state index is 0.171. The van der Waals surface area contributed by atoms with Gasteiger partial charge in [0.2, 0.25) is 11.8 Å². The Labute approximate surface area is 173 Å². The van der Waals surface area contributed by atoms with Crippen molar-refractivity contribution >= 4 is 23.2 Å². The number of carbonyl (C=O) groups is 2. The fourth-order valence-corrected chi connectivity index (χ4v) is 4.76. The van der Waals surface area contributed by atoms with Crippen LogP contribution in [0.1, 0.15) is 25.7 Å². The number of imide groups is 1. The Hall–Kier alpha value is -2.12. The molecule has 1 atom stereocenters. The van der Waals surface area contributed by atoms with Gasteiger partial charge in [-0.15, -0.1) is 0 Å². The van der Waals surface area contributed by atoms with E-state index in [2.05, 4.69) is 44.7 Å². The Balaban J connectivity index is 1.29. The number of piperidine rings is 2. The van der Waals surface area contributed by atoms with Gasteiger partial charge in [-0.25, -0.2) is 0 Å². The topological polar surface area (TPSA) is 67.9 Å². The quantitative estimate of drug-likeness (QED) is 0.722. The van der Waals surface area contributed by atoms with E-state index in [1.807, 2.05) is 11.9 Å². The van der Waals surface area contributed by atoms with E-state index in [9.17, 15) is 9.59 Å². The van der Waals surface area contributed by atoms with E-state index >= 15 is 0 Å². The molecule has 1 aromatic rings. The van der Waals surface area contributed by atoms with Gasteiger partial charge in [0.15, 0.2) is 0 Å². The summed E-state index contributed by atoms with van der Waals surface area (Å²) in [6, 6.07) is 8.22. The van der Waals surface area contributed by atoms with Crippen molar-refractivity contribution in [1.82, 2.24) is 15.5 Å². The maximum Gasteiger partial charge on any atom is 0.249 e. The molecule has 7 heteroatoms. The number of nitrogens with one attached hydrogen (secondary N) is 2. The van der Waals surface area contributed by atoms with Crippen molar-refractivity contribution in [3.8, 4) is 0 Å². The van der Waals surface area contributed by atoms with E-state index in [1.54, 1.807) is 0 Å². The number of carbonyl (C=O) groups excluding carboxylic acids is 2. The summed E-state index contributed by atoms with van der Waals surface area (Å²) in [6.07, 6.45) is 3.48. The third kappa shape index (κ3) is 4.90. The number of likely N-dealkylation sites (N-methyl/N-ethyl adjacent to an activating group) is 1. The van der Waals surface area contributed by atoms with Crippen molar-refractivity contribution < 1.29 is 9.59 Å². The van der Waals surface area contributed by atoms with Gasteiger partial charge >= 0.3 is 0 Å². The van der Waals surface area contributed by atoms with Crippen LogP contribution in [0, 0.1) is 5.92 Å². The molecule has 0 saturated carbocycles. The molecule has 3 aliphatic heterocycles. The summed E-state index contributed by atoms with van der Waals surface area (Å²) >= 11 is 0. The normalized spacial score (nSPS) is 24.4. The molecule has 3 fully saturated rings. The first-order chi connectivity index (χ1) is 14.1. The molecule has 3 saturated heterocycles. The van der Waals surface area contributed by atoms with Crippen LogP contribution in [0.4, 0.5) is 11.4 Å². The van der Waals surface area contributed by atoms with E-state index in [4.69, 9.17) is 0 Å². The van der Waals surface area contributed by atoms with Crippen molar-refractivity contribution in [1.29, 1.82) is 0 Å². The molecule has 0 spiro atoms. The van der Waals surface area contributed by atoms with Gasteiger partial charge < -0.3 is 20.0 Å². The summed E-state index contributed by atoms with van der Waals surface area (Å²) in [5.41, 5.74) is 2.27. The number of hydrogen-bond acceptors (Lipinski definition) is 6. The first kappa shape index (κ1) is 20.2. The number of nitrogens with zero attached hydrogens (tertiary/aromatic N) is 3. The van der Waals surface area contributed by atoms with Gasteiger partial charge in [0.1, 0.15) is 6.04 Å². The number of hydrogen-bond donors (Lipinski definition) is 2. The van der Waals surface area contributed by atoms with Crippen molar-refractivity contribution in [2.24, 2.45) is 5.92 Å². The fourth-order valence-electron chi connectivity index (χ4n) is 4.76. The summed E-state index contributed by atoms with van der Waals surface area (Å²) in [7, 11) is 1.93. The molecule has 3 aliphatic rings. The van der Waals surface area contributed by atoms with Crippen LogP contribution in [0.25, 0.3) is 0 Å². The second kappa shape index (κ2) is 9.13. The van der Waals surface area contributed by atoms with E-state index in [0.29, 0.717) is 12.8 Å². The molecular formula is C22H33N5O2.